The van der Waals surface area contributed by atoms with Gasteiger partial charge in [0.1, 0.15) is 0 Å². The predicted octanol–water partition coefficient (Wildman–Crippen LogP) is 1.81. The number of nitrogens with zero attached hydrogens (tertiary/aromatic N) is 1. The first-order chi connectivity index (χ1) is 14.1. The smallest absolute Gasteiger partial charge is 0.261 e. The molecule has 9 nitrogen and oxygen atoms in total. The lowest BCUT2D eigenvalue weighted by molar-refractivity contribution is 0.0778. The van der Waals surface area contributed by atoms with Crippen LogP contribution >= 0.6 is 24.2 Å². The Labute approximate surface area is 185 Å². The monoisotopic (exact) mass is 488 g/mol. The van der Waals surface area contributed by atoms with Gasteiger partial charge in [-0.1, -0.05) is 12.2 Å². The molecule has 0 spiro atoms. The molecule has 1 heterocycles. The molecule has 1 fully saturated rings. The van der Waals surface area contributed by atoms with Crippen LogP contribution in [-0.4, -0.2) is 51.8 Å². The van der Waals surface area contributed by atoms with E-state index in [0.717, 1.165) is 13.1 Å². The number of hydrogen-bond acceptors (Lipinski definition) is 8. The molecule has 3 rings (SSSR count). The van der Waals surface area contributed by atoms with Crippen LogP contribution < -0.4 is 15.2 Å². The first-order valence-electron chi connectivity index (χ1n) is 8.71. The molecule has 1 saturated heterocycles. The summed E-state index contributed by atoms with van der Waals surface area (Å²) < 4.78 is 58.0. The van der Waals surface area contributed by atoms with E-state index in [2.05, 4.69) is 14.3 Å². The average Bonchev–Trinajstić information content (AvgIpc) is 2.68. The zero-order valence-electron chi connectivity index (χ0n) is 15.6. The molecule has 0 unspecified atom stereocenters. The third kappa shape index (κ3) is 6.38. The molecule has 4 N–H and O–H groups in total. The van der Waals surface area contributed by atoms with E-state index in [9.17, 15) is 16.8 Å². The molecule has 2 aromatic rings. The predicted molar refractivity (Wildman–Crippen MR) is 121 cm³/mol. The number of benzene rings is 2. The lowest BCUT2D eigenvalue weighted by Gasteiger charge is -2.25. The highest BCUT2D eigenvalue weighted by atomic mass is 32.2. The Kier molecular flexibility index (Phi) is 7.34. The third-order valence-electron chi connectivity index (χ3n) is 4.03. The Hall–Kier alpha value is -1.74. The van der Waals surface area contributed by atoms with Crippen LogP contribution in [0.4, 0.5) is 11.4 Å². The van der Waals surface area contributed by atoms with Gasteiger partial charge in [0.05, 0.1) is 23.0 Å². The molecule has 0 saturated carbocycles. The molecule has 0 aliphatic carbocycles. The average molecular weight is 489 g/mol. The Balaban J connectivity index is 1.62. The number of nitrogens with one attached hydrogen (secondary N) is 2. The number of ether oxygens (including phenoxy) is 1. The van der Waals surface area contributed by atoms with Gasteiger partial charge < -0.3 is 10.1 Å². The van der Waals surface area contributed by atoms with Crippen LogP contribution in [0.15, 0.2) is 58.3 Å². The highest BCUT2D eigenvalue weighted by molar-refractivity contribution is 8.21. The summed E-state index contributed by atoms with van der Waals surface area (Å²) in [4.78, 5) is -0.0536. The number of anilines is 2. The van der Waals surface area contributed by atoms with Crippen molar-refractivity contribution < 1.29 is 21.6 Å². The van der Waals surface area contributed by atoms with Gasteiger partial charge in [0, 0.05) is 24.5 Å². The molecule has 30 heavy (non-hydrogen) atoms. The van der Waals surface area contributed by atoms with Gasteiger partial charge in [-0.05, 0) is 60.5 Å². The van der Waals surface area contributed by atoms with E-state index < -0.39 is 20.0 Å². The van der Waals surface area contributed by atoms with Crippen molar-refractivity contribution in [3.05, 3.63) is 48.5 Å². The largest absolute Gasteiger partial charge is 0.379 e. The van der Waals surface area contributed by atoms with Crippen LogP contribution in [0, 0.1) is 0 Å². The van der Waals surface area contributed by atoms with E-state index in [1.165, 1.54) is 48.3 Å². The zero-order chi connectivity index (χ0) is 21.8. The van der Waals surface area contributed by atoms with Gasteiger partial charge in [-0.25, -0.2) is 26.3 Å². The standard InChI is InChI=1S/C17H20N4O5S4/c18-29(22,23)15-5-3-14(4-6-15)20-30(24,25)16-7-1-13(2-8-16)19-17(27)28-21-9-11-26-12-10-21/h1-8,20H,9-12H2,(H,19,27)(H2,18,22,23). The molecule has 2 aromatic carbocycles. The molecular formula is C17H20N4O5S4. The van der Waals surface area contributed by atoms with Crippen molar-refractivity contribution in [2.45, 2.75) is 9.79 Å². The molecule has 0 aromatic heterocycles. The highest BCUT2D eigenvalue weighted by Crippen LogP contribution is 2.21. The van der Waals surface area contributed by atoms with Crippen molar-refractivity contribution in [2.24, 2.45) is 5.14 Å². The highest BCUT2D eigenvalue weighted by Gasteiger charge is 2.16. The third-order valence-corrected chi connectivity index (χ3v) is 7.57. The minimum atomic E-state index is -3.85. The summed E-state index contributed by atoms with van der Waals surface area (Å²) in [5, 5.41) is 8.10. The van der Waals surface area contributed by atoms with Crippen molar-refractivity contribution >= 4 is 59.9 Å². The summed E-state index contributed by atoms with van der Waals surface area (Å²) in [6.45, 7) is 2.90. The molecule has 0 bridgehead atoms. The van der Waals surface area contributed by atoms with E-state index in [1.54, 1.807) is 12.1 Å². The lowest BCUT2D eigenvalue weighted by atomic mass is 10.3. The normalized spacial score (nSPS) is 15.5. The Bertz CT molecular complexity index is 1100. The molecule has 0 radical (unpaired) electrons. The number of hydrogen-bond donors (Lipinski definition) is 3. The summed E-state index contributed by atoms with van der Waals surface area (Å²) in [5.41, 5.74) is 0.880. The summed E-state index contributed by atoms with van der Waals surface area (Å²) in [5.74, 6) is 0. The van der Waals surface area contributed by atoms with E-state index in [0.29, 0.717) is 23.2 Å². The number of morpholine rings is 1. The quantitative estimate of drug-likeness (QED) is 0.411. The van der Waals surface area contributed by atoms with E-state index in [-0.39, 0.29) is 15.5 Å². The molecule has 13 heteroatoms. The van der Waals surface area contributed by atoms with Gasteiger partial charge in [-0.3, -0.25) is 4.72 Å². The zero-order valence-corrected chi connectivity index (χ0v) is 18.9. The SMILES string of the molecule is NS(=O)(=O)c1ccc(NS(=O)(=O)c2ccc(NC(=S)SN3CCOCC3)cc2)cc1. The van der Waals surface area contributed by atoms with Crippen LogP contribution in [0.25, 0.3) is 0 Å². The fourth-order valence-corrected chi connectivity index (χ4v) is 5.28. The van der Waals surface area contributed by atoms with Gasteiger partial charge in [0.2, 0.25) is 10.0 Å². The summed E-state index contributed by atoms with van der Waals surface area (Å²) in [7, 11) is -7.69. The number of nitrogens with two attached hydrogens (primary N) is 1. The van der Waals surface area contributed by atoms with Gasteiger partial charge in [0.15, 0.2) is 4.32 Å². The topological polar surface area (TPSA) is 131 Å². The maximum atomic E-state index is 12.6. The van der Waals surface area contributed by atoms with Crippen molar-refractivity contribution in [3.63, 3.8) is 0 Å². The number of sulfonamides is 2. The minimum absolute atomic E-state index is 0.0512. The van der Waals surface area contributed by atoms with E-state index in [1.807, 2.05) is 0 Å². The van der Waals surface area contributed by atoms with Gasteiger partial charge in [-0.2, -0.15) is 0 Å². The van der Waals surface area contributed by atoms with Crippen molar-refractivity contribution in [1.82, 2.24) is 4.31 Å². The Morgan fingerprint density at radius 2 is 1.47 bits per heavy atom. The van der Waals surface area contributed by atoms with E-state index >= 15 is 0 Å². The van der Waals surface area contributed by atoms with Crippen LogP contribution in [0.5, 0.6) is 0 Å². The summed E-state index contributed by atoms with van der Waals surface area (Å²) in [6, 6.07) is 11.2. The molecule has 162 valence electrons. The number of rotatable bonds is 6. The maximum absolute atomic E-state index is 12.6. The summed E-state index contributed by atoms with van der Waals surface area (Å²) in [6.07, 6.45) is 0. The molecule has 0 amide bonds. The fraction of sp³-hybridized carbons (Fsp3) is 0.235. The Morgan fingerprint density at radius 1 is 0.933 bits per heavy atom. The molecule has 1 aliphatic rings. The van der Waals surface area contributed by atoms with Gasteiger partial charge in [-0.15, -0.1) is 0 Å². The van der Waals surface area contributed by atoms with Gasteiger partial charge in [0.25, 0.3) is 10.0 Å². The number of primary sulfonamides is 1. The van der Waals surface area contributed by atoms with E-state index in [4.69, 9.17) is 22.1 Å². The first kappa shape index (κ1) is 22.9. The molecule has 1 aliphatic heterocycles. The van der Waals surface area contributed by atoms with Crippen LogP contribution in [-0.2, 0) is 24.8 Å². The van der Waals surface area contributed by atoms with Crippen LogP contribution in [0.1, 0.15) is 0 Å². The van der Waals surface area contributed by atoms with Gasteiger partial charge >= 0.3 is 0 Å². The lowest BCUT2D eigenvalue weighted by Crippen LogP contribution is -2.32. The molecule has 0 atom stereocenters. The maximum Gasteiger partial charge on any atom is 0.261 e. The second kappa shape index (κ2) is 9.60. The van der Waals surface area contributed by atoms with Crippen LogP contribution in [0.3, 0.4) is 0 Å². The second-order valence-electron chi connectivity index (χ2n) is 6.24. The summed E-state index contributed by atoms with van der Waals surface area (Å²) >= 11 is 6.75. The van der Waals surface area contributed by atoms with Crippen LogP contribution in [0.2, 0.25) is 0 Å². The second-order valence-corrected chi connectivity index (χ2v) is 11.3. The first-order valence-corrected chi connectivity index (χ1v) is 12.9. The molecular weight excluding hydrogens is 468 g/mol. The minimum Gasteiger partial charge on any atom is -0.379 e. The fourth-order valence-electron chi connectivity index (χ4n) is 2.54. The van der Waals surface area contributed by atoms with Crippen molar-refractivity contribution in [1.29, 1.82) is 0 Å². The number of thiocarbonyl (C=S) groups is 1. The Morgan fingerprint density at radius 3 is 2.03 bits per heavy atom. The van der Waals surface area contributed by atoms with Crippen molar-refractivity contribution in [2.75, 3.05) is 36.3 Å². The van der Waals surface area contributed by atoms with Crippen molar-refractivity contribution in [3.8, 4) is 0 Å².